The molecule has 0 radical (unpaired) electrons. The van der Waals surface area contributed by atoms with Gasteiger partial charge in [0.05, 0.1) is 5.69 Å². The molecule has 0 unspecified atom stereocenters. The highest BCUT2D eigenvalue weighted by Crippen LogP contribution is 2.19. The smallest absolute Gasteiger partial charge is 0.153 e. The lowest BCUT2D eigenvalue weighted by Gasteiger charge is -2.07. The molecule has 1 heterocycles. The summed E-state index contributed by atoms with van der Waals surface area (Å²) < 4.78 is 12.6. The van der Waals surface area contributed by atoms with Gasteiger partial charge in [0.25, 0.3) is 0 Å². The SMILES string of the molecule is Cl.Cl.Nc1cccnc1Nc1ccc(F)cc1. The molecule has 3 N–H and O–H groups in total. The molecule has 0 fully saturated rings. The van der Waals surface area contributed by atoms with Crippen LogP contribution in [0.1, 0.15) is 0 Å². The number of rotatable bonds is 2. The van der Waals surface area contributed by atoms with Gasteiger partial charge in [0.1, 0.15) is 5.82 Å². The van der Waals surface area contributed by atoms with Crippen LogP contribution in [0, 0.1) is 5.82 Å². The van der Waals surface area contributed by atoms with Crippen LogP contribution in [0.3, 0.4) is 0 Å². The van der Waals surface area contributed by atoms with Crippen molar-refractivity contribution < 1.29 is 4.39 Å². The summed E-state index contributed by atoms with van der Waals surface area (Å²) in [6.45, 7) is 0. The third-order valence-corrected chi connectivity index (χ3v) is 1.95. The number of nitrogens with one attached hydrogen (secondary N) is 1. The zero-order valence-electron chi connectivity index (χ0n) is 8.76. The zero-order chi connectivity index (χ0) is 10.7. The molecule has 0 aliphatic carbocycles. The van der Waals surface area contributed by atoms with Crippen molar-refractivity contribution in [1.29, 1.82) is 0 Å². The summed E-state index contributed by atoms with van der Waals surface area (Å²) >= 11 is 0. The number of aromatic nitrogens is 1. The first kappa shape index (κ1) is 15.5. The Morgan fingerprint density at radius 2 is 1.71 bits per heavy atom. The number of nitrogens with zero attached hydrogens (tertiary/aromatic N) is 1. The molecule has 3 nitrogen and oxygen atoms in total. The molecule has 92 valence electrons. The highest BCUT2D eigenvalue weighted by Gasteiger charge is 1.99. The van der Waals surface area contributed by atoms with E-state index in [1.807, 2.05) is 0 Å². The molecule has 0 saturated heterocycles. The van der Waals surface area contributed by atoms with Gasteiger partial charge in [0.2, 0.25) is 0 Å². The highest BCUT2D eigenvalue weighted by molar-refractivity contribution is 5.85. The Bertz CT molecular complexity index is 463. The maximum atomic E-state index is 12.6. The Balaban J connectivity index is 0.00000128. The number of hydrogen-bond donors (Lipinski definition) is 2. The fraction of sp³-hybridized carbons (Fsp3) is 0. The maximum Gasteiger partial charge on any atom is 0.153 e. The predicted molar refractivity (Wildman–Crippen MR) is 72.8 cm³/mol. The molecule has 0 bridgehead atoms. The Morgan fingerprint density at radius 1 is 1.06 bits per heavy atom. The standard InChI is InChI=1S/C11H10FN3.2ClH/c12-8-3-5-9(6-4-8)15-11-10(13)2-1-7-14-11;;/h1-7H,13H2,(H,14,15);2*1H. The van der Waals surface area contributed by atoms with E-state index in [-0.39, 0.29) is 30.6 Å². The van der Waals surface area contributed by atoms with Crippen molar-refractivity contribution in [1.82, 2.24) is 4.98 Å². The first-order valence-electron chi connectivity index (χ1n) is 4.49. The quantitative estimate of drug-likeness (QED) is 0.884. The van der Waals surface area contributed by atoms with E-state index in [1.54, 1.807) is 30.5 Å². The van der Waals surface area contributed by atoms with Crippen LogP contribution in [0.5, 0.6) is 0 Å². The average Bonchev–Trinajstić information content (AvgIpc) is 2.25. The van der Waals surface area contributed by atoms with Gasteiger partial charge in [-0.1, -0.05) is 0 Å². The summed E-state index contributed by atoms with van der Waals surface area (Å²) in [5.41, 5.74) is 7.01. The molecule has 1 aromatic heterocycles. The largest absolute Gasteiger partial charge is 0.396 e. The Morgan fingerprint density at radius 3 is 2.29 bits per heavy atom. The van der Waals surface area contributed by atoms with Crippen LogP contribution in [0.25, 0.3) is 0 Å². The second kappa shape index (κ2) is 6.93. The monoisotopic (exact) mass is 275 g/mol. The Hall–Kier alpha value is -1.52. The fourth-order valence-electron chi connectivity index (χ4n) is 1.19. The van der Waals surface area contributed by atoms with Crippen molar-refractivity contribution >= 4 is 42.0 Å². The molecule has 0 amide bonds. The van der Waals surface area contributed by atoms with Crippen molar-refractivity contribution in [3.8, 4) is 0 Å². The van der Waals surface area contributed by atoms with Crippen LogP contribution in [0.2, 0.25) is 0 Å². The topological polar surface area (TPSA) is 50.9 Å². The molecular formula is C11H12Cl2FN3. The van der Waals surface area contributed by atoms with E-state index in [1.165, 1.54) is 12.1 Å². The van der Waals surface area contributed by atoms with Gasteiger partial charge in [-0.3, -0.25) is 0 Å². The molecular weight excluding hydrogens is 264 g/mol. The molecule has 1 aromatic carbocycles. The summed E-state index contributed by atoms with van der Waals surface area (Å²) in [6.07, 6.45) is 1.64. The number of nitrogen functional groups attached to an aromatic ring is 1. The predicted octanol–water partition coefficient (Wildman–Crippen LogP) is 3.39. The Labute approximate surface area is 111 Å². The summed E-state index contributed by atoms with van der Waals surface area (Å²) in [4.78, 5) is 4.07. The normalized spacial score (nSPS) is 8.76. The lowest BCUT2D eigenvalue weighted by Crippen LogP contribution is -1.98. The van der Waals surface area contributed by atoms with E-state index in [0.717, 1.165) is 5.69 Å². The van der Waals surface area contributed by atoms with Crippen LogP contribution < -0.4 is 11.1 Å². The van der Waals surface area contributed by atoms with Crippen LogP contribution in [0.4, 0.5) is 21.6 Å². The molecule has 6 heteroatoms. The molecule has 2 rings (SSSR count). The molecule has 0 aliphatic heterocycles. The van der Waals surface area contributed by atoms with Gasteiger partial charge < -0.3 is 11.1 Å². The molecule has 17 heavy (non-hydrogen) atoms. The van der Waals surface area contributed by atoms with Gasteiger partial charge in [-0.2, -0.15) is 0 Å². The van der Waals surface area contributed by atoms with Crippen LogP contribution in [-0.2, 0) is 0 Å². The molecule has 0 atom stereocenters. The third kappa shape index (κ3) is 4.09. The number of anilines is 3. The minimum atomic E-state index is -0.269. The van der Waals surface area contributed by atoms with Crippen LogP contribution in [0.15, 0.2) is 42.6 Å². The molecule has 0 spiro atoms. The van der Waals surface area contributed by atoms with Crippen LogP contribution >= 0.6 is 24.8 Å². The van der Waals surface area contributed by atoms with Gasteiger partial charge in [-0.25, -0.2) is 9.37 Å². The van der Waals surface area contributed by atoms with E-state index in [2.05, 4.69) is 10.3 Å². The molecule has 2 aromatic rings. The maximum absolute atomic E-state index is 12.6. The minimum Gasteiger partial charge on any atom is -0.396 e. The molecule has 0 aliphatic rings. The first-order chi connectivity index (χ1) is 7.25. The number of nitrogens with two attached hydrogens (primary N) is 1. The van der Waals surface area contributed by atoms with Gasteiger partial charge in [-0.15, -0.1) is 24.8 Å². The highest BCUT2D eigenvalue weighted by atomic mass is 35.5. The average molecular weight is 276 g/mol. The van der Waals surface area contributed by atoms with E-state index >= 15 is 0 Å². The van der Waals surface area contributed by atoms with Crippen molar-refractivity contribution in [3.05, 3.63) is 48.4 Å². The molecule has 0 saturated carbocycles. The fourth-order valence-corrected chi connectivity index (χ4v) is 1.19. The summed E-state index contributed by atoms with van der Waals surface area (Å²) in [5, 5.41) is 3.00. The van der Waals surface area contributed by atoms with Gasteiger partial charge in [0, 0.05) is 11.9 Å². The number of halogens is 3. The van der Waals surface area contributed by atoms with Crippen LogP contribution in [-0.4, -0.2) is 4.98 Å². The second-order valence-corrected chi connectivity index (χ2v) is 3.07. The van der Waals surface area contributed by atoms with Gasteiger partial charge in [-0.05, 0) is 36.4 Å². The lowest BCUT2D eigenvalue weighted by molar-refractivity contribution is 0.628. The van der Waals surface area contributed by atoms with Gasteiger partial charge in [0.15, 0.2) is 5.82 Å². The van der Waals surface area contributed by atoms with E-state index in [0.29, 0.717) is 11.5 Å². The summed E-state index contributed by atoms with van der Waals surface area (Å²) in [7, 11) is 0. The first-order valence-corrected chi connectivity index (χ1v) is 4.49. The number of benzene rings is 1. The second-order valence-electron chi connectivity index (χ2n) is 3.07. The van der Waals surface area contributed by atoms with Crippen molar-refractivity contribution in [3.63, 3.8) is 0 Å². The van der Waals surface area contributed by atoms with E-state index < -0.39 is 0 Å². The van der Waals surface area contributed by atoms with Crippen molar-refractivity contribution in [2.45, 2.75) is 0 Å². The Kier molecular flexibility index (Phi) is 6.31. The minimum absolute atomic E-state index is 0. The summed E-state index contributed by atoms with van der Waals surface area (Å²) in [6, 6.07) is 9.51. The third-order valence-electron chi connectivity index (χ3n) is 1.95. The van der Waals surface area contributed by atoms with Crippen molar-refractivity contribution in [2.75, 3.05) is 11.1 Å². The number of pyridine rings is 1. The van der Waals surface area contributed by atoms with Crippen molar-refractivity contribution in [2.24, 2.45) is 0 Å². The number of hydrogen-bond acceptors (Lipinski definition) is 3. The van der Waals surface area contributed by atoms with E-state index in [9.17, 15) is 4.39 Å². The summed E-state index contributed by atoms with van der Waals surface area (Å²) in [5.74, 6) is 0.304. The van der Waals surface area contributed by atoms with E-state index in [4.69, 9.17) is 5.73 Å². The zero-order valence-corrected chi connectivity index (χ0v) is 10.4. The van der Waals surface area contributed by atoms with Gasteiger partial charge >= 0.3 is 0 Å². The lowest BCUT2D eigenvalue weighted by atomic mass is 10.3.